The molecule has 0 heterocycles. The van der Waals surface area contributed by atoms with E-state index in [0.717, 1.165) is 0 Å². The molecule has 6 nitrogen and oxygen atoms in total. The van der Waals surface area contributed by atoms with Gasteiger partial charge < -0.3 is 20.9 Å². The Morgan fingerprint density at radius 2 is 1.87 bits per heavy atom. The van der Waals surface area contributed by atoms with E-state index in [1.54, 1.807) is 20.8 Å². The predicted molar refractivity (Wildman–Crippen MR) is 54.4 cm³/mol. The highest BCUT2D eigenvalue weighted by Gasteiger charge is 2.24. The number of hydrogen-bond acceptors (Lipinski definition) is 4. The second kappa shape index (κ2) is 4.97. The summed E-state index contributed by atoms with van der Waals surface area (Å²) in [5.41, 5.74) is 4.69. The summed E-state index contributed by atoms with van der Waals surface area (Å²) >= 11 is 0. The van der Waals surface area contributed by atoms with Crippen molar-refractivity contribution in [2.45, 2.75) is 45.4 Å². The molecule has 1 unspecified atom stereocenters. The average molecular weight is 218 g/mol. The molecule has 0 fully saturated rings. The van der Waals surface area contributed by atoms with Gasteiger partial charge in [0.1, 0.15) is 11.6 Å². The summed E-state index contributed by atoms with van der Waals surface area (Å²) < 4.78 is 4.94. The van der Waals surface area contributed by atoms with Gasteiger partial charge in [0.25, 0.3) is 0 Å². The smallest absolute Gasteiger partial charge is 0.407 e. The molecular weight excluding hydrogens is 200 g/mol. The van der Waals surface area contributed by atoms with Gasteiger partial charge in [-0.25, -0.2) is 4.79 Å². The zero-order valence-corrected chi connectivity index (χ0v) is 9.40. The number of hydrogen-bond donors (Lipinski definition) is 3. The summed E-state index contributed by atoms with van der Waals surface area (Å²) in [5, 5.41) is 10.9. The van der Waals surface area contributed by atoms with Crippen LogP contribution >= 0.6 is 0 Å². The van der Waals surface area contributed by atoms with Crippen LogP contribution in [0.25, 0.3) is 0 Å². The first-order chi connectivity index (χ1) is 6.63. The van der Waals surface area contributed by atoms with Gasteiger partial charge in [0.15, 0.2) is 0 Å². The molecule has 0 rings (SSSR count). The Kier molecular flexibility index (Phi) is 4.54. The van der Waals surface area contributed by atoms with Gasteiger partial charge in [0.2, 0.25) is 0 Å². The Bertz CT molecular complexity index is 247. The monoisotopic (exact) mass is 218 g/mol. The van der Waals surface area contributed by atoms with Crippen LogP contribution in [0, 0.1) is 0 Å². The lowest BCUT2D eigenvalue weighted by molar-refractivity contribution is -0.139. The standard InChI is InChI=1S/C9H18N2O4/c1-5(6(10)7(12)13)11-8(14)15-9(2,3)4/h5-6H,10H2,1-4H3,(H,11,14)(H,12,13)/t5?,6-/m0/s1. The van der Waals surface area contributed by atoms with Crippen LogP contribution in [0.5, 0.6) is 0 Å². The van der Waals surface area contributed by atoms with E-state index < -0.39 is 29.7 Å². The van der Waals surface area contributed by atoms with Crippen molar-refractivity contribution in [1.82, 2.24) is 5.32 Å². The van der Waals surface area contributed by atoms with Crippen LogP contribution in [0.15, 0.2) is 0 Å². The van der Waals surface area contributed by atoms with Crippen molar-refractivity contribution >= 4 is 12.1 Å². The normalized spacial score (nSPS) is 15.3. The molecule has 0 saturated heterocycles. The summed E-state index contributed by atoms with van der Waals surface area (Å²) in [4.78, 5) is 21.7. The first-order valence-corrected chi connectivity index (χ1v) is 4.61. The number of carbonyl (C=O) groups is 2. The highest BCUT2D eigenvalue weighted by Crippen LogP contribution is 2.06. The first kappa shape index (κ1) is 13.7. The summed E-state index contributed by atoms with van der Waals surface area (Å²) in [5.74, 6) is -1.17. The zero-order valence-electron chi connectivity index (χ0n) is 9.40. The number of amides is 1. The Morgan fingerprint density at radius 3 is 2.20 bits per heavy atom. The lowest BCUT2D eigenvalue weighted by Crippen LogP contribution is -2.50. The van der Waals surface area contributed by atoms with E-state index in [0.29, 0.717) is 0 Å². The average Bonchev–Trinajstić information content (AvgIpc) is 1.98. The van der Waals surface area contributed by atoms with E-state index in [2.05, 4.69) is 5.32 Å². The summed E-state index contributed by atoms with van der Waals surface area (Å²) in [6.45, 7) is 6.65. The highest BCUT2D eigenvalue weighted by molar-refractivity contribution is 5.76. The van der Waals surface area contributed by atoms with Crippen LogP contribution in [-0.2, 0) is 9.53 Å². The second-order valence-electron chi connectivity index (χ2n) is 4.30. The summed E-state index contributed by atoms with van der Waals surface area (Å²) in [6.07, 6.45) is -0.674. The van der Waals surface area contributed by atoms with Gasteiger partial charge in [0.05, 0.1) is 6.04 Å². The van der Waals surface area contributed by atoms with Gasteiger partial charge in [-0.05, 0) is 27.7 Å². The fourth-order valence-electron chi connectivity index (χ4n) is 0.797. The van der Waals surface area contributed by atoms with E-state index in [4.69, 9.17) is 15.6 Å². The molecule has 0 aliphatic heterocycles. The molecule has 2 atom stereocenters. The van der Waals surface area contributed by atoms with E-state index in [1.807, 2.05) is 0 Å². The molecule has 0 bridgehead atoms. The molecular formula is C9H18N2O4. The van der Waals surface area contributed by atoms with Crippen LogP contribution in [0.4, 0.5) is 4.79 Å². The Hall–Kier alpha value is -1.30. The molecule has 15 heavy (non-hydrogen) atoms. The molecule has 6 heteroatoms. The fraction of sp³-hybridized carbons (Fsp3) is 0.778. The number of carboxylic acid groups (broad SMARTS) is 1. The molecule has 88 valence electrons. The van der Waals surface area contributed by atoms with Crippen LogP contribution in [-0.4, -0.2) is 34.9 Å². The minimum Gasteiger partial charge on any atom is -0.480 e. The SMILES string of the molecule is CC(NC(=O)OC(C)(C)C)[C@H](N)C(=O)O. The quantitative estimate of drug-likeness (QED) is 0.632. The number of alkyl carbamates (subject to hydrolysis) is 1. The number of aliphatic carboxylic acids is 1. The largest absolute Gasteiger partial charge is 0.480 e. The zero-order chi connectivity index (χ0) is 12.2. The molecule has 4 N–H and O–H groups in total. The molecule has 0 aromatic heterocycles. The molecule has 0 aromatic carbocycles. The lowest BCUT2D eigenvalue weighted by atomic mass is 10.1. The Labute approximate surface area is 88.8 Å². The maximum absolute atomic E-state index is 11.2. The first-order valence-electron chi connectivity index (χ1n) is 4.61. The van der Waals surface area contributed by atoms with Crippen molar-refractivity contribution in [2.75, 3.05) is 0 Å². The third-order valence-electron chi connectivity index (χ3n) is 1.57. The van der Waals surface area contributed by atoms with Crippen LogP contribution < -0.4 is 11.1 Å². The van der Waals surface area contributed by atoms with Crippen molar-refractivity contribution in [2.24, 2.45) is 5.73 Å². The van der Waals surface area contributed by atoms with Crippen molar-refractivity contribution in [3.8, 4) is 0 Å². The van der Waals surface area contributed by atoms with Gasteiger partial charge in [-0.15, -0.1) is 0 Å². The second-order valence-corrected chi connectivity index (χ2v) is 4.30. The predicted octanol–water partition coefficient (Wildman–Crippen LogP) is 0.312. The topological polar surface area (TPSA) is 102 Å². The number of carbonyl (C=O) groups excluding carboxylic acids is 1. The van der Waals surface area contributed by atoms with Crippen molar-refractivity contribution in [3.63, 3.8) is 0 Å². The molecule has 0 saturated carbocycles. The lowest BCUT2D eigenvalue weighted by Gasteiger charge is -2.23. The number of nitrogens with two attached hydrogens (primary N) is 1. The third kappa shape index (κ3) is 5.90. The Balaban J connectivity index is 4.13. The van der Waals surface area contributed by atoms with E-state index in [9.17, 15) is 9.59 Å². The van der Waals surface area contributed by atoms with Crippen molar-refractivity contribution in [1.29, 1.82) is 0 Å². The fourth-order valence-corrected chi connectivity index (χ4v) is 0.797. The minimum absolute atomic E-state index is 0.614. The molecule has 1 amide bonds. The van der Waals surface area contributed by atoms with Gasteiger partial charge >= 0.3 is 12.1 Å². The van der Waals surface area contributed by atoms with Gasteiger partial charge in [-0.2, -0.15) is 0 Å². The molecule has 0 aliphatic carbocycles. The van der Waals surface area contributed by atoms with Crippen LogP contribution in [0.1, 0.15) is 27.7 Å². The van der Waals surface area contributed by atoms with Crippen molar-refractivity contribution < 1.29 is 19.4 Å². The maximum atomic E-state index is 11.2. The van der Waals surface area contributed by atoms with Crippen LogP contribution in [0.3, 0.4) is 0 Å². The van der Waals surface area contributed by atoms with E-state index >= 15 is 0 Å². The van der Waals surface area contributed by atoms with Gasteiger partial charge in [0, 0.05) is 0 Å². The summed E-state index contributed by atoms with van der Waals surface area (Å²) in [7, 11) is 0. The van der Waals surface area contributed by atoms with Gasteiger partial charge in [-0.3, -0.25) is 4.79 Å². The highest BCUT2D eigenvalue weighted by atomic mass is 16.6. The third-order valence-corrected chi connectivity index (χ3v) is 1.57. The van der Waals surface area contributed by atoms with Crippen molar-refractivity contribution in [3.05, 3.63) is 0 Å². The van der Waals surface area contributed by atoms with Crippen LogP contribution in [0.2, 0.25) is 0 Å². The summed E-state index contributed by atoms with van der Waals surface area (Å²) in [6, 6.07) is -1.82. The molecule has 0 radical (unpaired) electrons. The molecule has 0 aromatic rings. The minimum atomic E-state index is -1.17. The number of carboxylic acids is 1. The molecule has 0 aliphatic rings. The van der Waals surface area contributed by atoms with E-state index in [1.165, 1.54) is 6.92 Å². The Morgan fingerprint density at radius 1 is 1.40 bits per heavy atom. The number of ether oxygens (including phenoxy) is 1. The van der Waals surface area contributed by atoms with Gasteiger partial charge in [-0.1, -0.05) is 0 Å². The maximum Gasteiger partial charge on any atom is 0.407 e. The number of nitrogens with one attached hydrogen (secondary N) is 1. The van der Waals surface area contributed by atoms with E-state index in [-0.39, 0.29) is 0 Å². The number of rotatable bonds is 3. The molecule has 0 spiro atoms.